The van der Waals surface area contributed by atoms with Crippen LogP contribution in [0, 0.1) is 6.92 Å². The predicted octanol–water partition coefficient (Wildman–Crippen LogP) is 4.20. The van der Waals surface area contributed by atoms with Gasteiger partial charge in [-0.15, -0.1) is 0 Å². The Hall–Kier alpha value is -2.13. The molecule has 3 nitrogen and oxygen atoms in total. The monoisotopic (exact) mass is 283 g/mol. The fraction of sp³-hybridized carbons (Fsp3) is 0.125. The smallest absolute Gasteiger partial charge is 0.129 e. The number of aromatic nitrogens is 2. The maximum Gasteiger partial charge on any atom is 0.129 e. The molecule has 0 spiro atoms. The number of hydrogen-bond acceptors (Lipinski definition) is 3. The molecule has 0 aliphatic rings. The van der Waals surface area contributed by atoms with Gasteiger partial charge < -0.3 is 5.32 Å². The molecule has 0 fully saturated rings. The van der Waals surface area contributed by atoms with E-state index in [1.54, 1.807) is 12.3 Å². The zero-order valence-electron chi connectivity index (χ0n) is 11.1. The minimum Gasteiger partial charge on any atom is -0.380 e. The highest BCUT2D eigenvalue weighted by Gasteiger charge is 1.99. The molecule has 100 valence electrons. The Morgan fingerprint density at radius 1 is 1.10 bits per heavy atom. The second kappa shape index (κ2) is 5.47. The largest absolute Gasteiger partial charge is 0.380 e. The van der Waals surface area contributed by atoms with Crippen molar-refractivity contribution in [1.29, 1.82) is 0 Å². The number of nitrogens with one attached hydrogen (secondary N) is 1. The van der Waals surface area contributed by atoms with Crippen molar-refractivity contribution >= 4 is 28.2 Å². The third-order valence-electron chi connectivity index (χ3n) is 3.12. The second-order valence-electron chi connectivity index (χ2n) is 4.70. The van der Waals surface area contributed by atoms with Crippen molar-refractivity contribution in [2.45, 2.75) is 13.5 Å². The molecule has 3 aromatic rings. The fourth-order valence-corrected chi connectivity index (χ4v) is 2.18. The summed E-state index contributed by atoms with van der Waals surface area (Å²) in [6.07, 6.45) is 1.73. The van der Waals surface area contributed by atoms with E-state index in [0.717, 1.165) is 28.8 Å². The lowest BCUT2D eigenvalue weighted by Gasteiger charge is -2.07. The summed E-state index contributed by atoms with van der Waals surface area (Å²) in [5, 5.41) is 4.98. The summed E-state index contributed by atoms with van der Waals surface area (Å²) >= 11 is 5.76. The van der Waals surface area contributed by atoms with Crippen LogP contribution in [0.1, 0.15) is 11.3 Å². The molecule has 2 aromatic heterocycles. The molecule has 0 amide bonds. The lowest BCUT2D eigenvalue weighted by Crippen LogP contribution is -1.99. The summed E-state index contributed by atoms with van der Waals surface area (Å²) < 4.78 is 0. The molecular weight excluding hydrogens is 270 g/mol. The molecule has 3 rings (SSSR count). The molecule has 0 saturated carbocycles. The molecule has 0 saturated heterocycles. The Bertz CT molecular complexity index is 738. The normalized spacial score (nSPS) is 10.7. The van der Waals surface area contributed by atoms with Gasteiger partial charge in [-0.2, -0.15) is 0 Å². The van der Waals surface area contributed by atoms with Crippen molar-refractivity contribution < 1.29 is 0 Å². The van der Waals surface area contributed by atoms with Crippen molar-refractivity contribution in [3.63, 3.8) is 0 Å². The molecule has 0 aliphatic heterocycles. The Morgan fingerprint density at radius 3 is 2.80 bits per heavy atom. The van der Waals surface area contributed by atoms with Crippen LogP contribution in [0.3, 0.4) is 0 Å². The summed E-state index contributed by atoms with van der Waals surface area (Å²) in [6, 6.07) is 14.1. The van der Waals surface area contributed by atoms with Crippen LogP contribution in [0.2, 0.25) is 5.15 Å². The van der Waals surface area contributed by atoms with Gasteiger partial charge in [-0.25, -0.2) is 4.98 Å². The van der Waals surface area contributed by atoms with Gasteiger partial charge in [0.05, 0.1) is 17.4 Å². The van der Waals surface area contributed by atoms with Gasteiger partial charge in [0.15, 0.2) is 0 Å². The van der Waals surface area contributed by atoms with Crippen LogP contribution in [0.5, 0.6) is 0 Å². The van der Waals surface area contributed by atoms with E-state index in [0.29, 0.717) is 5.15 Å². The van der Waals surface area contributed by atoms with Crippen molar-refractivity contribution in [2.75, 3.05) is 5.32 Å². The lowest BCUT2D eigenvalue weighted by atomic mass is 10.1. The molecule has 1 aromatic carbocycles. The summed E-state index contributed by atoms with van der Waals surface area (Å²) in [5.41, 5.74) is 4.23. The maximum absolute atomic E-state index is 5.76. The highest BCUT2D eigenvalue weighted by atomic mass is 35.5. The number of nitrogens with zero attached hydrogens (tertiary/aromatic N) is 2. The van der Waals surface area contributed by atoms with E-state index < -0.39 is 0 Å². The van der Waals surface area contributed by atoms with Gasteiger partial charge in [0, 0.05) is 17.6 Å². The van der Waals surface area contributed by atoms with E-state index in [4.69, 9.17) is 11.6 Å². The van der Waals surface area contributed by atoms with Crippen molar-refractivity contribution in [2.24, 2.45) is 0 Å². The number of anilines is 1. The molecule has 0 aliphatic carbocycles. The second-order valence-corrected chi connectivity index (χ2v) is 5.09. The van der Waals surface area contributed by atoms with Crippen LogP contribution in [0.25, 0.3) is 10.9 Å². The summed E-state index contributed by atoms with van der Waals surface area (Å²) in [7, 11) is 0. The number of rotatable bonds is 3. The summed E-state index contributed by atoms with van der Waals surface area (Å²) in [5.74, 6) is 0. The average molecular weight is 284 g/mol. The van der Waals surface area contributed by atoms with Gasteiger partial charge in [-0.05, 0) is 42.8 Å². The Kier molecular flexibility index (Phi) is 3.52. The first-order chi connectivity index (χ1) is 9.70. The molecule has 4 heteroatoms. The van der Waals surface area contributed by atoms with E-state index in [1.807, 2.05) is 19.1 Å². The predicted molar refractivity (Wildman–Crippen MR) is 83.1 cm³/mol. The van der Waals surface area contributed by atoms with E-state index in [-0.39, 0.29) is 0 Å². The molecule has 0 radical (unpaired) electrons. The Balaban J connectivity index is 1.77. The molecule has 20 heavy (non-hydrogen) atoms. The van der Waals surface area contributed by atoms with Gasteiger partial charge in [0.2, 0.25) is 0 Å². The van der Waals surface area contributed by atoms with Gasteiger partial charge in [0.1, 0.15) is 5.15 Å². The quantitative estimate of drug-likeness (QED) is 0.732. The van der Waals surface area contributed by atoms with Gasteiger partial charge >= 0.3 is 0 Å². The summed E-state index contributed by atoms with van der Waals surface area (Å²) in [6.45, 7) is 2.75. The zero-order valence-corrected chi connectivity index (χ0v) is 11.9. The van der Waals surface area contributed by atoms with Crippen LogP contribution in [0.15, 0.2) is 48.7 Å². The van der Waals surface area contributed by atoms with Crippen molar-refractivity contribution in [1.82, 2.24) is 9.97 Å². The lowest BCUT2D eigenvalue weighted by molar-refractivity contribution is 1.14. The molecule has 0 unspecified atom stereocenters. The van der Waals surface area contributed by atoms with E-state index >= 15 is 0 Å². The van der Waals surface area contributed by atoms with Gasteiger partial charge in [-0.3, -0.25) is 4.98 Å². The summed E-state index contributed by atoms with van der Waals surface area (Å²) in [4.78, 5) is 8.54. The van der Waals surface area contributed by atoms with Crippen LogP contribution in [0.4, 0.5) is 5.69 Å². The highest BCUT2D eigenvalue weighted by Crippen LogP contribution is 2.16. The van der Waals surface area contributed by atoms with Gasteiger partial charge in [-0.1, -0.05) is 23.7 Å². The van der Waals surface area contributed by atoms with E-state index in [1.165, 1.54) is 5.56 Å². The van der Waals surface area contributed by atoms with Crippen LogP contribution in [-0.2, 0) is 6.54 Å². The van der Waals surface area contributed by atoms with Crippen LogP contribution < -0.4 is 5.32 Å². The standard InChI is InChI=1S/C16H14ClN3/c1-11-2-4-13-8-12(3-6-15(13)20-11)9-18-14-5-7-16(17)19-10-14/h2-8,10,18H,9H2,1H3. The minimum absolute atomic E-state index is 0.502. The number of fused-ring (bicyclic) bond motifs is 1. The first-order valence-corrected chi connectivity index (χ1v) is 6.80. The zero-order chi connectivity index (χ0) is 13.9. The topological polar surface area (TPSA) is 37.8 Å². The number of pyridine rings is 2. The Morgan fingerprint density at radius 2 is 2.00 bits per heavy atom. The first kappa shape index (κ1) is 12.9. The number of benzene rings is 1. The van der Waals surface area contributed by atoms with Crippen LogP contribution in [-0.4, -0.2) is 9.97 Å². The average Bonchev–Trinajstić information content (AvgIpc) is 2.46. The molecule has 1 N–H and O–H groups in total. The maximum atomic E-state index is 5.76. The van der Waals surface area contributed by atoms with E-state index in [2.05, 4.69) is 39.6 Å². The number of halogens is 1. The van der Waals surface area contributed by atoms with Crippen molar-refractivity contribution in [3.05, 3.63) is 65.1 Å². The van der Waals surface area contributed by atoms with Crippen molar-refractivity contribution in [3.8, 4) is 0 Å². The van der Waals surface area contributed by atoms with Gasteiger partial charge in [0.25, 0.3) is 0 Å². The van der Waals surface area contributed by atoms with E-state index in [9.17, 15) is 0 Å². The first-order valence-electron chi connectivity index (χ1n) is 6.42. The third-order valence-corrected chi connectivity index (χ3v) is 3.34. The minimum atomic E-state index is 0.502. The molecule has 0 atom stereocenters. The number of aryl methyl sites for hydroxylation is 1. The molecule has 0 bridgehead atoms. The molecule has 2 heterocycles. The highest BCUT2D eigenvalue weighted by molar-refractivity contribution is 6.29. The third kappa shape index (κ3) is 2.89. The number of hydrogen-bond donors (Lipinski definition) is 1. The fourth-order valence-electron chi connectivity index (χ4n) is 2.07. The SMILES string of the molecule is Cc1ccc2cc(CNc3ccc(Cl)nc3)ccc2n1. The Labute approximate surface area is 122 Å². The molecular formula is C16H14ClN3. The van der Waals surface area contributed by atoms with Crippen LogP contribution >= 0.6 is 11.6 Å².